The van der Waals surface area contributed by atoms with Crippen LogP contribution < -0.4 is 10.3 Å². The molecule has 0 N–H and O–H groups in total. The lowest BCUT2D eigenvalue weighted by atomic mass is 10.2. The van der Waals surface area contributed by atoms with Crippen molar-refractivity contribution in [1.82, 2.24) is 14.3 Å². The largest absolute Gasteiger partial charge is 0.497 e. The van der Waals surface area contributed by atoms with Gasteiger partial charge in [-0.25, -0.2) is 0 Å². The second-order valence-corrected chi connectivity index (χ2v) is 6.64. The highest BCUT2D eigenvalue weighted by atomic mass is 16.5. The van der Waals surface area contributed by atoms with Crippen LogP contribution in [0.5, 0.6) is 5.75 Å². The fraction of sp³-hybridized carbons (Fsp3) is 0.182. The highest BCUT2D eigenvalue weighted by Gasteiger charge is 2.18. The van der Waals surface area contributed by atoms with E-state index in [0.29, 0.717) is 5.39 Å². The number of aromatic nitrogens is 3. The smallest absolute Gasteiger partial charge is 0.281 e. The van der Waals surface area contributed by atoms with E-state index in [1.54, 1.807) is 13.3 Å². The minimum absolute atomic E-state index is 0.107. The molecule has 0 unspecified atom stereocenters. The number of nitrogens with zero attached hydrogens (tertiary/aromatic N) is 3. The highest BCUT2D eigenvalue weighted by molar-refractivity contribution is 5.88. The lowest BCUT2D eigenvalue weighted by Gasteiger charge is -2.10. The van der Waals surface area contributed by atoms with E-state index >= 15 is 0 Å². The summed E-state index contributed by atoms with van der Waals surface area (Å²) >= 11 is 0. The molecule has 5 nitrogen and oxygen atoms in total. The lowest BCUT2D eigenvalue weighted by Crippen LogP contribution is -2.21. The molecule has 136 valence electrons. The van der Waals surface area contributed by atoms with Crippen LogP contribution in [0.1, 0.15) is 17.0 Å². The van der Waals surface area contributed by atoms with E-state index < -0.39 is 0 Å². The summed E-state index contributed by atoms with van der Waals surface area (Å²) in [6.07, 6.45) is 1.78. The van der Waals surface area contributed by atoms with Crippen molar-refractivity contribution < 1.29 is 4.74 Å². The van der Waals surface area contributed by atoms with Gasteiger partial charge in [0.2, 0.25) is 0 Å². The van der Waals surface area contributed by atoms with Crippen molar-refractivity contribution in [3.05, 3.63) is 82.0 Å². The summed E-state index contributed by atoms with van der Waals surface area (Å²) in [5.41, 5.74) is 4.54. The molecule has 0 fully saturated rings. The number of methoxy groups -OCH3 is 1. The van der Waals surface area contributed by atoms with Crippen LogP contribution in [0.3, 0.4) is 0 Å². The van der Waals surface area contributed by atoms with Gasteiger partial charge in [0.05, 0.1) is 24.4 Å². The number of para-hydroxylation sites is 1. The summed E-state index contributed by atoms with van der Waals surface area (Å²) in [5.74, 6) is 0.777. The van der Waals surface area contributed by atoms with Gasteiger partial charge in [-0.05, 0) is 44.5 Å². The molecule has 2 aromatic heterocycles. The number of ether oxygens (including phenoxy) is 1. The summed E-state index contributed by atoms with van der Waals surface area (Å²) in [4.78, 5) is 13.3. The Bertz CT molecular complexity index is 1220. The SMILES string of the molecule is COc1cccc(-n2c(C)c3cnn(-c4ccccc4C)c(=O)c3c2C)c1. The number of fused-ring (bicyclic) bond motifs is 1. The molecule has 5 heteroatoms. The molecular weight excluding hydrogens is 338 g/mol. The minimum Gasteiger partial charge on any atom is -0.497 e. The molecular formula is C22H21N3O2. The van der Waals surface area contributed by atoms with Crippen molar-refractivity contribution >= 4 is 10.8 Å². The monoisotopic (exact) mass is 359 g/mol. The second kappa shape index (κ2) is 6.43. The van der Waals surface area contributed by atoms with Crippen molar-refractivity contribution in [1.29, 1.82) is 0 Å². The Labute approximate surface area is 157 Å². The van der Waals surface area contributed by atoms with Gasteiger partial charge in [-0.3, -0.25) is 4.79 Å². The van der Waals surface area contributed by atoms with Gasteiger partial charge in [0.1, 0.15) is 5.75 Å². The van der Waals surface area contributed by atoms with E-state index in [-0.39, 0.29) is 5.56 Å². The van der Waals surface area contributed by atoms with E-state index in [1.807, 2.05) is 69.3 Å². The van der Waals surface area contributed by atoms with E-state index in [1.165, 1.54) is 4.68 Å². The molecule has 27 heavy (non-hydrogen) atoms. The highest BCUT2D eigenvalue weighted by Crippen LogP contribution is 2.28. The molecule has 0 atom stereocenters. The van der Waals surface area contributed by atoms with Gasteiger partial charge >= 0.3 is 0 Å². The molecule has 0 saturated carbocycles. The van der Waals surface area contributed by atoms with Gasteiger partial charge in [-0.1, -0.05) is 24.3 Å². The predicted molar refractivity (Wildman–Crippen MR) is 107 cm³/mol. The number of hydrogen-bond donors (Lipinski definition) is 0. The van der Waals surface area contributed by atoms with Gasteiger partial charge in [0.25, 0.3) is 5.56 Å². The van der Waals surface area contributed by atoms with Crippen molar-refractivity contribution in [3.63, 3.8) is 0 Å². The van der Waals surface area contributed by atoms with Crippen molar-refractivity contribution in [2.24, 2.45) is 0 Å². The maximum Gasteiger partial charge on any atom is 0.281 e. The zero-order valence-electron chi connectivity index (χ0n) is 15.9. The normalized spacial score (nSPS) is 11.1. The quantitative estimate of drug-likeness (QED) is 0.553. The first-order chi connectivity index (χ1) is 13.0. The Hall–Kier alpha value is -3.34. The Morgan fingerprint density at radius 2 is 1.74 bits per heavy atom. The fourth-order valence-electron chi connectivity index (χ4n) is 3.67. The number of rotatable bonds is 3. The standard InChI is InChI=1S/C22H21N3O2/c1-14-8-5-6-11-20(14)25-22(26)21-16(3)24(15(2)19(21)13-23-25)17-9-7-10-18(12-17)27-4/h5-13H,1-4H3. The van der Waals surface area contributed by atoms with E-state index in [0.717, 1.165) is 39.5 Å². The second-order valence-electron chi connectivity index (χ2n) is 6.64. The summed E-state index contributed by atoms with van der Waals surface area (Å²) in [7, 11) is 1.65. The molecule has 0 aliphatic heterocycles. The molecule has 2 aromatic carbocycles. The molecule has 0 aliphatic carbocycles. The third-order valence-corrected chi connectivity index (χ3v) is 5.06. The van der Waals surface area contributed by atoms with Crippen LogP contribution in [0.25, 0.3) is 22.1 Å². The van der Waals surface area contributed by atoms with E-state index in [9.17, 15) is 4.79 Å². The first-order valence-electron chi connectivity index (χ1n) is 8.83. The third-order valence-electron chi connectivity index (χ3n) is 5.06. The number of aryl methyl sites for hydroxylation is 3. The number of benzene rings is 2. The summed E-state index contributed by atoms with van der Waals surface area (Å²) in [6, 6.07) is 15.6. The van der Waals surface area contributed by atoms with Crippen LogP contribution in [0.15, 0.2) is 59.5 Å². The molecule has 0 spiro atoms. The van der Waals surface area contributed by atoms with E-state index in [2.05, 4.69) is 9.67 Å². The maximum absolute atomic E-state index is 13.3. The Balaban J connectivity index is 2.01. The minimum atomic E-state index is -0.107. The average Bonchev–Trinajstić information content (AvgIpc) is 2.94. The zero-order valence-corrected chi connectivity index (χ0v) is 15.9. The van der Waals surface area contributed by atoms with Crippen molar-refractivity contribution in [2.75, 3.05) is 7.11 Å². The molecule has 2 heterocycles. The molecule has 0 saturated heterocycles. The molecule has 4 rings (SSSR count). The van der Waals surface area contributed by atoms with Crippen LogP contribution in [-0.2, 0) is 0 Å². The van der Waals surface area contributed by atoms with Gasteiger partial charge in [0.15, 0.2) is 0 Å². The van der Waals surface area contributed by atoms with E-state index in [4.69, 9.17) is 4.74 Å². The fourth-order valence-corrected chi connectivity index (χ4v) is 3.67. The molecule has 0 aliphatic rings. The molecule has 0 amide bonds. The Morgan fingerprint density at radius 3 is 2.48 bits per heavy atom. The van der Waals surface area contributed by atoms with Gasteiger partial charge in [-0.2, -0.15) is 9.78 Å². The molecule has 0 bridgehead atoms. The Morgan fingerprint density at radius 1 is 0.963 bits per heavy atom. The predicted octanol–water partition coefficient (Wildman–Crippen LogP) is 4.11. The van der Waals surface area contributed by atoms with Crippen molar-refractivity contribution in [3.8, 4) is 17.1 Å². The van der Waals surface area contributed by atoms with Crippen LogP contribution in [0, 0.1) is 20.8 Å². The average molecular weight is 359 g/mol. The van der Waals surface area contributed by atoms with Gasteiger partial charge in [-0.15, -0.1) is 0 Å². The topological polar surface area (TPSA) is 49.0 Å². The lowest BCUT2D eigenvalue weighted by molar-refractivity contribution is 0.414. The van der Waals surface area contributed by atoms with Gasteiger partial charge in [0, 0.05) is 28.5 Å². The summed E-state index contributed by atoms with van der Waals surface area (Å²) in [6.45, 7) is 5.96. The maximum atomic E-state index is 13.3. The summed E-state index contributed by atoms with van der Waals surface area (Å²) < 4.78 is 8.92. The Kier molecular flexibility index (Phi) is 4.07. The zero-order chi connectivity index (χ0) is 19.1. The molecule has 0 radical (unpaired) electrons. The molecule has 4 aromatic rings. The van der Waals surface area contributed by atoms with Crippen molar-refractivity contribution in [2.45, 2.75) is 20.8 Å². The summed E-state index contributed by atoms with van der Waals surface area (Å²) in [5, 5.41) is 6.00. The van der Waals surface area contributed by atoms with Crippen LogP contribution in [0.4, 0.5) is 0 Å². The first-order valence-corrected chi connectivity index (χ1v) is 8.83. The van der Waals surface area contributed by atoms with Crippen LogP contribution in [0.2, 0.25) is 0 Å². The first kappa shape index (κ1) is 17.1. The van der Waals surface area contributed by atoms with Gasteiger partial charge < -0.3 is 9.30 Å². The number of hydrogen-bond acceptors (Lipinski definition) is 3. The van der Waals surface area contributed by atoms with Crippen LogP contribution >= 0.6 is 0 Å². The van der Waals surface area contributed by atoms with Crippen LogP contribution in [-0.4, -0.2) is 21.5 Å². The third kappa shape index (κ3) is 2.63.